The van der Waals surface area contributed by atoms with Gasteiger partial charge in [-0.3, -0.25) is 0 Å². The van der Waals surface area contributed by atoms with Crippen LogP contribution in [0.4, 0.5) is 5.82 Å². The summed E-state index contributed by atoms with van der Waals surface area (Å²) in [6, 6.07) is 4.03. The molecule has 1 rings (SSSR count). The number of thioether (sulfide) groups is 1. The van der Waals surface area contributed by atoms with Crippen molar-refractivity contribution < 1.29 is 0 Å². The zero-order valence-electron chi connectivity index (χ0n) is 8.29. The van der Waals surface area contributed by atoms with Crippen LogP contribution in [0, 0.1) is 19.3 Å². The van der Waals surface area contributed by atoms with E-state index in [-0.39, 0.29) is 0 Å². The molecule has 3 heteroatoms. The molecule has 0 aliphatic heterocycles. The number of nitrogens with one attached hydrogen (secondary N) is 1. The van der Waals surface area contributed by atoms with Crippen molar-refractivity contribution in [2.45, 2.75) is 6.92 Å². The number of anilines is 1. The van der Waals surface area contributed by atoms with Gasteiger partial charge in [0.1, 0.15) is 5.82 Å². The van der Waals surface area contributed by atoms with Crippen LogP contribution in [0.3, 0.4) is 0 Å². The second-order valence-electron chi connectivity index (χ2n) is 2.90. The van der Waals surface area contributed by atoms with Gasteiger partial charge in [0.15, 0.2) is 0 Å². The third-order valence-corrected chi connectivity index (χ3v) is 2.51. The standard InChI is InChI=1S/C11H14N2S/c1-3-7-14-8-6-12-11-5-4-10(2)9-13-11/h1,4-5,9H,6-8H2,2H3,(H,12,13). The number of aromatic nitrogens is 1. The first-order valence-corrected chi connectivity index (χ1v) is 5.66. The van der Waals surface area contributed by atoms with Crippen molar-refractivity contribution in [3.63, 3.8) is 0 Å². The molecular weight excluding hydrogens is 192 g/mol. The minimum Gasteiger partial charge on any atom is -0.369 e. The van der Waals surface area contributed by atoms with Crippen molar-refractivity contribution in [1.29, 1.82) is 0 Å². The Morgan fingerprint density at radius 3 is 3.07 bits per heavy atom. The Balaban J connectivity index is 2.19. The van der Waals surface area contributed by atoms with Crippen molar-refractivity contribution in [2.75, 3.05) is 23.4 Å². The third kappa shape index (κ3) is 4.20. The lowest BCUT2D eigenvalue weighted by Gasteiger charge is -2.04. The van der Waals surface area contributed by atoms with Gasteiger partial charge in [0.2, 0.25) is 0 Å². The molecule has 0 amide bonds. The lowest BCUT2D eigenvalue weighted by Crippen LogP contribution is -2.05. The molecule has 1 heterocycles. The van der Waals surface area contributed by atoms with Crippen LogP contribution in [-0.4, -0.2) is 23.0 Å². The molecule has 1 N–H and O–H groups in total. The Morgan fingerprint density at radius 2 is 2.43 bits per heavy atom. The average Bonchev–Trinajstić information content (AvgIpc) is 2.21. The topological polar surface area (TPSA) is 24.9 Å². The van der Waals surface area contributed by atoms with E-state index in [0.29, 0.717) is 0 Å². The number of hydrogen-bond donors (Lipinski definition) is 1. The van der Waals surface area contributed by atoms with Gasteiger partial charge in [-0.15, -0.1) is 18.2 Å². The number of terminal acetylenes is 1. The van der Waals surface area contributed by atoms with Gasteiger partial charge in [0.05, 0.1) is 5.75 Å². The number of nitrogens with zero attached hydrogens (tertiary/aromatic N) is 1. The summed E-state index contributed by atoms with van der Waals surface area (Å²) >= 11 is 1.75. The molecule has 0 saturated carbocycles. The van der Waals surface area contributed by atoms with Gasteiger partial charge in [0.25, 0.3) is 0 Å². The van der Waals surface area contributed by atoms with E-state index in [0.717, 1.165) is 23.9 Å². The van der Waals surface area contributed by atoms with Gasteiger partial charge in [0, 0.05) is 18.5 Å². The summed E-state index contributed by atoms with van der Waals surface area (Å²) in [6.45, 7) is 2.93. The SMILES string of the molecule is C#CCSCCNc1ccc(C)cn1. The van der Waals surface area contributed by atoms with Crippen LogP contribution in [0.1, 0.15) is 5.56 Å². The van der Waals surface area contributed by atoms with E-state index >= 15 is 0 Å². The Morgan fingerprint density at radius 1 is 1.57 bits per heavy atom. The molecule has 1 aromatic rings. The molecule has 74 valence electrons. The van der Waals surface area contributed by atoms with Gasteiger partial charge in [-0.05, 0) is 18.6 Å². The Labute approximate surface area is 89.5 Å². The van der Waals surface area contributed by atoms with Gasteiger partial charge in [-0.25, -0.2) is 4.98 Å². The van der Waals surface area contributed by atoms with Crippen molar-refractivity contribution in [1.82, 2.24) is 4.98 Å². The Kier molecular flexibility index (Phi) is 4.95. The monoisotopic (exact) mass is 206 g/mol. The summed E-state index contributed by atoms with van der Waals surface area (Å²) in [6.07, 6.45) is 6.99. The van der Waals surface area contributed by atoms with E-state index in [1.807, 2.05) is 25.3 Å². The maximum Gasteiger partial charge on any atom is 0.125 e. The highest BCUT2D eigenvalue weighted by atomic mass is 32.2. The maximum absolute atomic E-state index is 5.13. The smallest absolute Gasteiger partial charge is 0.125 e. The Bertz CT molecular complexity index is 300. The van der Waals surface area contributed by atoms with Crippen molar-refractivity contribution >= 4 is 17.6 Å². The minimum absolute atomic E-state index is 0.781. The van der Waals surface area contributed by atoms with Crippen LogP contribution >= 0.6 is 11.8 Å². The van der Waals surface area contributed by atoms with Crippen molar-refractivity contribution in [3.05, 3.63) is 23.9 Å². The van der Waals surface area contributed by atoms with Crippen molar-refractivity contribution in [2.24, 2.45) is 0 Å². The van der Waals surface area contributed by atoms with E-state index in [9.17, 15) is 0 Å². The van der Waals surface area contributed by atoms with E-state index in [1.54, 1.807) is 11.8 Å². The first-order valence-electron chi connectivity index (χ1n) is 4.50. The van der Waals surface area contributed by atoms with Crippen LogP contribution in [0.2, 0.25) is 0 Å². The lowest BCUT2D eigenvalue weighted by atomic mass is 10.3. The molecule has 0 spiro atoms. The summed E-state index contributed by atoms with van der Waals surface area (Å²) in [5, 5.41) is 3.23. The molecule has 0 saturated heterocycles. The van der Waals surface area contributed by atoms with E-state index < -0.39 is 0 Å². The largest absolute Gasteiger partial charge is 0.369 e. The molecule has 0 bridgehead atoms. The summed E-state index contributed by atoms with van der Waals surface area (Å²) in [5.41, 5.74) is 1.18. The predicted octanol–water partition coefficient (Wildman–Crippen LogP) is 2.17. The summed E-state index contributed by atoms with van der Waals surface area (Å²) in [7, 11) is 0. The fourth-order valence-corrected chi connectivity index (χ4v) is 1.46. The molecule has 14 heavy (non-hydrogen) atoms. The molecule has 0 aliphatic rings. The highest BCUT2D eigenvalue weighted by molar-refractivity contribution is 7.99. The van der Waals surface area contributed by atoms with Crippen molar-refractivity contribution in [3.8, 4) is 12.3 Å². The van der Waals surface area contributed by atoms with Gasteiger partial charge in [-0.2, -0.15) is 0 Å². The molecular formula is C11H14N2S. The Hall–Kier alpha value is -1.14. The molecule has 0 radical (unpaired) electrons. The number of pyridine rings is 1. The van der Waals surface area contributed by atoms with Crippen LogP contribution in [0.25, 0.3) is 0 Å². The normalized spacial score (nSPS) is 9.43. The van der Waals surface area contributed by atoms with Crippen LogP contribution in [0.5, 0.6) is 0 Å². The van der Waals surface area contributed by atoms with Crippen LogP contribution in [-0.2, 0) is 0 Å². The second-order valence-corrected chi connectivity index (χ2v) is 4.01. The maximum atomic E-state index is 5.13. The first-order chi connectivity index (χ1) is 6.83. The van der Waals surface area contributed by atoms with Gasteiger partial charge < -0.3 is 5.32 Å². The van der Waals surface area contributed by atoms with Gasteiger partial charge in [-0.1, -0.05) is 12.0 Å². The first kappa shape index (κ1) is 10.9. The third-order valence-electron chi connectivity index (χ3n) is 1.65. The summed E-state index contributed by atoms with van der Waals surface area (Å²) in [5.74, 6) is 5.32. The summed E-state index contributed by atoms with van der Waals surface area (Å²) in [4.78, 5) is 4.24. The molecule has 0 aromatic carbocycles. The van der Waals surface area contributed by atoms with Crippen LogP contribution in [0.15, 0.2) is 18.3 Å². The molecule has 1 aromatic heterocycles. The van der Waals surface area contributed by atoms with E-state index in [1.165, 1.54) is 5.56 Å². The zero-order chi connectivity index (χ0) is 10.2. The predicted molar refractivity (Wildman–Crippen MR) is 63.6 cm³/mol. The summed E-state index contributed by atoms with van der Waals surface area (Å²) < 4.78 is 0. The molecule has 0 atom stereocenters. The highest BCUT2D eigenvalue weighted by Crippen LogP contribution is 2.04. The second kappa shape index (κ2) is 6.33. The quantitative estimate of drug-likeness (QED) is 0.590. The van der Waals surface area contributed by atoms with E-state index in [4.69, 9.17) is 6.42 Å². The fourth-order valence-electron chi connectivity index (χ4n) is 0.955. The molecule has 0 fully saturated rings. The number of hydrogen-bond acceptors (Lipinski definition) is 3. The lowest BCUT2D eigenvalue weighted by molar-refractivity contribution is 1.16. The number of aryl methyl sites for hydroxylation is 1. The average molecular weight is 206 g/mol. The number of rotatable bonds is 5. The van der Waals surface area contributed by atoms with Gasteiger partial charge >= 0.3 is 0 Å². The minimum atomic E-state index is 0.781. The molecule has 0 unspecified atom stereocenters. The van der Waals surface area contributed by atoms with E-state index in [2.05, 4.69) is 16.2 Å². The van der Waals surface area contributed by atoms with Crippen LogP contribution < -0.4 is 5.32 Å². The highest BCUT2D eigenvalue weighted by Gasteiger charge is 1.91. The zero-order valence-corrected chi connectivity index (χ0v) is 9.10. The molecule has 0 aliphatic carbocycles. The fraction of sp³-hybridized carbons (Fsp3) is 0.364. The molecule has 2 nitrogen and oxygen atoms in total.